The van der Waals surface area contributed by atoms with Crippen molar-refractivity contribution >= 4 is 5.78 Å². The van der Waals surface area contributed by atoms with Gasteiger partial charge in [-0.1, -0.05) is 47.1 Å². The Bertz CT molecular complexity index is 861. The molecule has 0 saturated heterocycles. The van der Waals surface area contributed by atoms with Gasteiger partial charge >= 0.3 is 0 Å². The molecule has 0 aromatic rings. The summed E-state index contributed by atoms with van der Waals surface area (Å²) in [7, 11) is 0. The lowest BCUT2D eigenvalue weighted by molar-refractivity contribution is -0.189. The second-order valence-electron chi connectivity index (χ2n) is 14.2. The van der Waals surface area contributed by atoms with Gasteiger partial charge in [-0.3, -0.25) is 4.79 Å². The Kier molecular flexibility index (Phi) is 4.85. The predicted octanol–water partition coefficient (Wildman–Crippen LogP) is 5.90. The quantitative estimate of drug-likeness (QED) is 0.492. The Morgan fingerprint density at radius 1 is 0.938 bits per heavy atom. The normalized spacial score (nSPS) is 59.9. The van der Waals surface area contributed by atoms with Gasteiger partial charge in [0.15, 0.2) is 5.78 Å². The molecule has 5 rings (SSSR count). The molecule has 32 heavy (non-hydrogen) atoms. The number of fused-ring (bicyclic) bond motifs is 7. The van der Waals surface area contributed by atoms with E-state index in [9.17, 15) is 9.90 Å². The zero-order valence-corrected chi connectivity index (χ0v) is 21.6. The fourth-order valence-corrected chi connectivity index (χ4v) is 10.4. The molecule has 4 saturated carbocycles. The van der Waals surface area contributed by atoms with Gasteiger partial charge in [0.05, 0.1) is 6.10 Å². The molecule has 0 heterocycles. The van der Waals surface area contributed by atoms with E-state index in [-0.39, 0.29) is 28.1 Å². The first-order chi connectivity index (χ1) is 14.7. The van der Waals surface area contributed by atoms with Crippen LogP contribution >= 0.6 is 0 Å². The van der Waals surface area contributed by atoms with Gasteiger partial charge in [-0.2, -0.15) is 0 Å². The van der Waals surface area contributed by atoms with Gasteiger partial charge in [0, 0.05) is 11.5 Å². The van der Waals surface area contributed by atoms with Crippen molar-refractivity contribution < 1.29 is 9.90 Å². The summed E-state index contributed by atoms with van der Waals surface area (Å²) in [5.41, 5.74) is 7.94. The van der Waals surface area contributed by atoms with Gasteiger partial charge in [-0.05, 0) is 110 Å². The summed E-state index contributed by atoms with van der Waals surface area (Å²) in [5, 5.41) is 10.7. The van der Waals surface area contributed by atoms with Gasteiger partial charge in [0.1, 0.15) is 0 Å². The highest BCUT2D eigenvalue weighted by molar-refractivity contribution is 5.95. The lowest BCUT2D eigenvalue weighted by Crippen LogP contribution is -2.70. The standard InChI is InChI=1S/C29H47NO2/c1-17-8-11-25(3)14-15-27(5)19(23(25)18(17)2)16-20(31)24-26(4)12-10-22(32)29(7,30)21(26)9-13-28(24,27)6/h16-18,21-24,32H,8-15,30H2,1-7H3/t17-,18+,21?,22-,23+,24-,25-,26+,27-,28-,29-/m1/s1. The molecular weight excluding hydrogens is 394 g/mol. The summed E-state index contributed by atoms with van der Waals surface area (Å²) in [6.45, 7) is 16.8. The summed E-state index contributed by atoms with van der Waals surface area (Å²) in [6, 6.07) is 0. The Morgan fingerprint density at radius 2 is 1.62 bits per heavy atom. The number of ketones is 1. The van der Waals surface area contributed by atoms with Crippen LogP contribution in [0.1, 0.15) is 99.8 Å². The van der Waals surface area contributed by atoms with E-state index in [1.54, 1.807) is 0 Å². The van der Waals surface area contributed by atoms with Crippen molar-refractivity contribution in [3.63, 3.8) is 0 Å². The number of rotatable bonds is 0. The monoisotopic (exact) mass is 441 g/mol. The average molecular weight is 442 g/mol. The number of carbonyl (C=O) groups excluding carboxylic acids is 1. The molecule has 3 N–H and O–H groups in total. The fraction of sp³-hybridized carbons (Fsp3) is 0.897. The predicted molar refractivity (Wildman–Crippen MR) is 130 cm³/mol. The van der Waals surface area contributed by atoms with Crippen LogP contribution in [0.4, 0.5) is 0 Å². The maximum Gasteiger partial charge on any atom is 0.159 e. The molecule has 0 aliphatic heterocycles. The van der Waals surface area contributed by atoms with Crippen molar-refractivity contribution in [1.82, 2.24) is 0 Å². The molecule has 5 aliphatic carbocycles. The molecule has 0 bridgehead atoms. The summed E-state index contributed by atoms with van der Waals surface area (Å²) < 4.78 is 0. The molecular formula is C29H47NO2. The van der Waals surface area contributed by atoms with Gasteiger partial charge < -0.3 is 10.8 Å². The molecule has 0 spiro atoms. The first-order valence-corrected chi connectivity index (χ1v) is 13.5. The third kappa shape index (κ3) is 2.59. The third-order valence-corrected chi connectivity index (χ3v) is 12.8. The number of aliphatic hydroxyl groups excluding tert-OH is 1. The zero-order chi connectivity index (χ0) is 23.5. The Hall–Kier alpha value is -0.670. The number of hydrogen-bond donors (Lipinski definition) is 2. The van der Waals surface area contributed by atoms with Crippen molar-refractivity contribution in [2.75, 3.05) is 0 Å². The van der Waals surface area contributed by atoms with E-state index >= 15 is 0 Å². The topological polar surface area (TPSA) is 63.3 Å². The van der Waals surface area contributed by atoms with Crippen LogP contribution < -0.4 is 5.73 Å². The van der Waals surface area contributed by atoms with Crippen LogP contribution in [0.2, 0.25) is 0 Å². The molecule has 0 radical (unpaired) electrons. The van der Waals surface area contributed by atoms with Crippen molar-refractivity contribution in [2.45, 2.75) is 111 Å². The molecule has 11 atom stereocenters. The SMILES string of the molecule is C[C@H]1[C@H](C)CC[C@]2(C)CC[C@]3(C)C(=CC(=O)[C@@H]4[C@@]5(C)CC[C@@H](O)[C@](C)(N)C5CC[C@]43C)[C@H]12. The number of aliphatic hydroxyl groups is 1. The highest BCUT2D eigenvalue weighted by Gasteiger charge is 2.70. The highest BCUT2D eigenvalue weighted by Crippen LogP contribution is 2.74. The molecule has 5 aliphatic rings. The van der Waals surface area contributed by atoms with Crippen LogP contribution in [0.15, 0.2) is 11.6 Å². The first kappa shape index (κ1) is 23.1. The molecule has 0 amide bonds. The second kappa shape index (κ2) is 6.72. The molecule has 180 valence electrons. The minimum absolute atomic E-state index is 0.0125. The maximum atomic E-state index is 14.2. The summed E-state index contributed by atoms with van der Waals surface area (Å²) >= 11 is 0. The van der Waals surface area contributed by atoms with Crippen molar-refractivity contribution in [3.05, 3.63) is 11.6 Å². The Balaban J connectivity index is 1.64. The van der Waals surface area contributed by atoms with Crippen LogP contribution in [0.3, 0.4) is 0 Å². The van der Waals surface area contributed by atoms with Gasteiger partial charge in [0.2, 0.25) is 0 Å². The van der Waals surface area contributed by atoms with Gasteiger partial charge in [-0.25, -0.2) is 0 Å². The van der Waals surface area contributed by atoms with Crippen molar-refractivity contribution in [1.29, 1.82) is 0 Å². The summed E-state index contributed by atoms with van der Waals surface area (Å²) in [6.07, 6.45) is 10.5. The molecule has 1 unspecified atom stereocenters. The van der Waals surface area contributed by atoms with E-state index in [0.717, 1.165) is 25.2 Å². The average Bonchev–Trinajstić information content (AvgIpc) is 2.70. The molecule has 0 aromatic heterocycles. The third-order valence-electron chi connectivity index (χ3n) is 12.8. The van der Waals surface area contributed by atoms with E-state index in [4.69, 9.17) is 5.73 Å². The van der Waals surface area contributed by atoms with E-state index in [0.29, 0.717) is 29.5 Å². The second-order valence-corrected chi connectivity index (χ2v) is 14.2. The number of nitrogens with two attached hydrogens (primary N) is 1. The van der Waals surface area contributed by atoms with Crippen LogP contribution in [0, 0.1) is 51.2 Å². The maximum absolute atomic E-state index is 14.2. The zero-order valence-electron chi connectivity index (χ0n) is 21.6. The summed E-state index contributed by atoms with van der Waals surface area (Å²) in [5.74, 6) is 2.47. The first-order valence-electron chi connectivity index (χ1n) is 13.5. The minimum Gasteiger partial charge on any atom is -0.391 e. The van der Waals surface area contributed by atoms with E-state index in [1.165, 1.54) is 31.3 Å². The minimum atomic E-state index is -0.613. The lowest BCUT2D eigenvalue weighted by Gasteiger charge is -2.70. The molecule has 4 fully saturated rings. The molecule has 3 heteroatoms. The molecule has 3 nitrogen and oxygen atoms in total. The smallest absolute Gasteiger partial charge is 0.159 e. The lowest BCUT2D eigenvalue weighted by atomic mass is 9.33. The van der Waals surface area contributed by atoms with Crippen molar-refractivity contribution in [3.8, 4) is 0 Å². The van der Waals surface area contributed by atoms with Crippen molar-refractivity contribution in [2.24, 2.45) is 57.0 Å². The number of hydrogen-bond acceptors (Lipinski definition) is 3. The van der Waals surface area contributed by atoms with Crippen LogP contribution in [0.25, 0.3) is 0 Å². The van der Waals surface area contributed by atoms with E-state index in [2.05, 4.69) is 47.6 Å². The van der Waals surface area contributed by atoms with E-state index < -0.39 is 11.6 Å². The number of allylic oxidation sites excluding steroid dienone is 2. The van der Waals surface area contributed by atoms with Crippen LogP contribution in [0.5, 0.6) is 0 Å². The van der Waals surface area contributed by atoms with Gasteiger partial charge in [0.25, 0.3) is 0 Å². The van der Waals surface area contributed by atoms with Gasteiger partial charge in [-0.15, -0.1) is 0 Å². The highest BCUT2D eigenvalue weighted by atomic mass is 16.3. The molecule has 0 aromatic carbocycles. The number of carbonyl (C=O) groups is 1. The van der Waals surface area contributed by atoms with E-state index in [1.807, 2.05) is 6.92 Å². The fourth-order valence-electron chi connectivity index (χ4n) is 10.4. The van der Waals surface area contributed by atoms with Crippen LogP contribution in [-0.4, -0.2) is 22.5 Å². The summed E-state index contributed by atoms with van der Waals surface area (Å²) in [4.78, 5) is 14.2. The Morgan fingerprint density at radius 3 is 2.31 bits per heavy atom. The largest absolute Gasteiger partial charge is 0.391 e. The van der Waals surface area contributed by atoms with Crippen LogP contribution in [-0.2, 0) is 4.79 Å². The Labute approximate surface area is 196 Å².